The van der Waals surface area contributed by atoms with Crippen molar-refractivity contribution in [2.45, 2.75) is 26.2 Å². The van der Waals surface area contributed by atoms with Crippen LogP contribution in [0.25, 0.3) is 5.57 Å². The molecule has 2 aromatic rings. The van der Waals surface area contributed by atoms with E-state index in [4.69, 9.17) is 0 Å². The molecule has 2 saturated carbocycles. The van der Waals surface area contributed by atoms with E-state index >= 15 is 0 Å². The summed E-state index contributed by atoms with van der Waals surface area (Å²) in [7, 11) is 0. The Morgan fingerprint density at radius 1 is 0.852 bits per heavy atom. The zero-order valence-corrected chi connectivity index (χ0v) is 16.0. The van der Waals surface area contributed by atoms with Crippen LogP contribution < -0.4 is 0 Å². The van der Waals surface area contributed by atoms with Crippen LogP contribution in [-0.2, 0) is 0 Å². The number of aromatic hydroxyl groups is 1. The average molecular weight is 354 g/mol. The number of rotatable bonds is 4. The molecule has 4 rings (SSSR count). The molecule has 0 radical (unpaired) electrons. The van der Waals surface area contributed by atoms with E-state index in [1.165, 1.54) is 39.0 Å². The SMILES string of the molecule is C=C1C/C1=C\C(CC)=C(\c1ccccc1)c1ccc(O)cc1.C=C1CC1=C. The molecule has 0 aliphatic heterocycles. The van der Waals surface area contributed by atoms with Gasteiger partial charge in [-0.3, -0.25) is 0 Å². The molecule has 1 nitrogen and oxygen atoms in total. The summed E-state index contributed by atoms with van der Waals surface area (Å²) in [6.07, 6.45) is 5.35. The topological polar surface area (TPSA) is 20.2 Å². The summed E-state index contributed by atoms with van der Waals surface area (Å²) in [5.41, 5.74) is 9.92. The van der Waals surface area contributed by atoms with Gasteiger partial charge in [0.15, 0.2) is 0 Å². The Kier molecular flexibility index (Phi) is 5.61. The molecule has 0 unspecified atom stereocenters. The molecule has 0 atom stereocenters. The fraction of sp³-hybridized carbons (Fsp3) is 0.154. The van der Waals surface area contributed by atoms with Crippen molar-refractivity contribution >= 4 is 5.57 Å². The second kappa shape index (κ2) is 8.09. The summed E-state index contributed by atoms with van der Waals surface area (Å²) in [6, 6.07) is 17.9. The molecule has 0 saturated heterocycles. The molecule has 0 heterocycles. The van der Waals surface area contributed by atoms with Crippen LogP contribution in [-0.4, -0.2) is 5.11 Å². The molecule has 0 spiro atoms. The maximum absolute atomic E-state index is 9.56. The Labute approximate surface area is 162 Å². The molecule has 2 aliphatic rings. The minimum atomic E-state index is 0.295. The maximum Gasteiger partial charge on any atom is 0.115 e. The number of allylic oxidation sites excluding steroid dienone is 6. The Morgan fingerprint density at radius 3 is 1.81 bits per heavy atom. The van der Waals surface area contributed by atoms with Crippen molar-refractivity contribution in [3.8, 4) is 5.75 Å². The molecule has 27 heavy (non-hydrogen) atoms. The van der Waals surface area contributed by atoms with Crippen molar-refractivity contribution < 1.29 is 5.11 Å². The first-order valence-corrected chi connectivity index (χ1v) is 9.32. The maximum atomic E-state index is 9.56. The molecule has 2 aliphatic carbocycles. The summed E-state index contributed by atoms with van der Waals surface area (Å²) in [6.45, 7) is 13.5. The van der Waals surface area contributed by atoms with Gasteiger partial charge < -0.3 is 5.11 Å². The van der Waals surface area contributed by atoms with Gasteiger partial charge in [0.2, 0.25) is 0 Å². The Morgan fingerprint density at radius 2 is 1.37 bits per heavy atom. The third-order valence-corrected chi connectivity index (χ3v) is 4.80. The van der Waals surface area contributed by atoms with Gasteiger partial charge in [-0.05, 0) is 76.0 Å². The lowest BCUT2D eigenvalue weighted by Crippen LogP contribution is -1.93. The summed E-state index contributed by atoms with van der Waals surface area (Å²) in [5, 5.41) is 9.56. The second-order valence-electron chi connectivity index (χ2n) is 7.00. The van der Waals surface area contributed by atoms with Crippen LogP contribution in [0.1, 0.15) is 37.3 Å². The van der Waals surface area contributed by atoms with E-state index in [1.54, 1.807) is 12.1 Å². The van der Waals surface area contributed by atoms with E-state index in [0.717, 1.165) is 24.8 Å². The summed E-state index contributed by atoms with van der Waals surface area (Å²) < 4.78 is 0. The molecule has 2 fully saturated rings. The normalized spacial score (nSPS) is 17.2. The molecule has 2 aromatic carbocycles. The molecule has 136 valence electrons. The number of hydrogen-bond donors (Lipinski definition) is 1. The average Bonchev–Trinajstić information content (AvgIpc) is 3.56. The van der Waals surface area contributed by atoms with Gasteiger partial charge in [0, 0.05) is 0 Å². The number of phenols is 1. The van der Waals surface area contributed by atoms with Gasteiger partial charge in [0.1, 0.15) is 5.75 Å². The molecule has 0 amide bonds. The van der Waals surface area contributed by atoms with Gasteiger partial charge in [-0.2, -0.15) is 0 Å². The second-order valence-corrected chi connectivity index (χ2v) is 7.00. The highest BCUT2D eigenvalue weighted by atomic mass is 16.3. The minimum Gasteiger partial charge on any atom is -0.508 e. The molecule has 1 N–H and O–H groups in total. The zero-order valence-electron chi connectivity index (χ0n) is 16.0. The van der Waals surface area contributed by atoms with E-state index in [0.29, 0.717) is 5.75 Å². The summed E-state index contributed by atoms with van der Waals surface area (Å²) in [5.74, 6) is 0.295. The van der Waals surface area contributed by atoms with Crippen molar-refractivity contribution in [2.75, 3.05) is 0 Å². The summed E-state index contributed by atoms with van der Waals surface area (Å²) in [4.78, 5) is 0. The lowest BCUT2D eigenvalue weighted by molar-refractivity contribution is 0.475. The van der Waals surface area contributed by atoms with Crippen molar-refractivity contribution in [3.63, 3.8) is 0 Å². The van der Waals surface area contributed by atoms with Gasteiger partial charge in [-0.25, -0.2) is 0 Å². The summed E-state index contributed by atoms with van der Waals surface area (Å²) >= 11 is 0. The third kappa shape index (κ3) is 4.98. The van der Waals surface area contributed by atoms with E-state index in [1.807, 2.05) is 18.2 Å². The van der Waals surface area contributed by atoms with E-state index in [2.05, 4.69) is 57.0 Å². The minimum absolute atomic E-state index is 0.295. The molecular formula is C26H26O. The van der Waals surface area contributed by atoms with Gasteiger partial charge in [-0.1, -0.05) is 75.2 Å². The van der Waals surface area contributed by atoms with E-state index in [-0.39, 0.29) is 0 Å². The van der Waals surface area contributed by atoms with Gasteiger partial charge >= 0.3 is 0 Å². The van der Waals surface area contributed by atoms with Gasteiger partial charge in [-0.15, -0.1) is 0 Å². The third-order valence-electron chi connectivity index (χ3n) is 4.80. The van der Waals surface area contributed by atoms with Crippen LogP contribution in [0.2, 0.25) is 0 Å². The smallest absolute Gasteiger partial charge is 0.115 e. The number of phenolic OH excluding ortho intramolecular Hbond substituents is 1. The fourth-order valence-corrected chi connectivity index (χ4v) is 2.88. The zero-order chi connectivity index (χ0) is 19.4. The Bertz CT molecular complexity index is 925. The highest BCUT2D eigenvalue weighted by Crippen LogP contribution is 2.38. The first kappa shape index (κ1) is 18.7. The standard InChI is InChI=1S/C21H20O.C5H6/c1-3-16(14-19-13-15(19)2)21(17-7-5-4-6-8-17)18-9-11-20(22)12-10-18;1-4-3-5(4)2/h4-12,14,22H,2-3,13H2,1H3;1-3H2/b19-14+,21-16-;. The highest BCUT2D eigenvalue weighted by Gasteiger charge is 2.19. The number of hydrogen-bond acceptors (Lipinski definition) is 1. The quantitative estimate of drug-likeness (QED) is 0.627. The van der Waals surface area contributed by atoms with Crippen LogP contribution in [0.3, 0.4) is 0 Å². The van der Waals surface area contributed by atoms with Gasteiger partial charge in [0.25, 0.3) is 0 Å². The largest absolute Gasteiger partial charge is 0.508 e. The van der Waals surface area contributed by atoms with Gasteiger partial charge in [0.05, 0.1) is 0 Å². The predicted molar refractivity (Wildman–Crippen MR) is 116 cm³/mol. The van der Waals surface area contributed by atoms with Crippen molar-refractivity contribution in [3.05, 3.63) is 119 Å². The fourth-order valence-electron chi connectivity index (χ4n) is 2.88. The molecule has 0 bridgehead atoms. The molecular weight excluding hydrogens is 328 g/mol. The predicted octanol–water partition coefficient (Wildman–Crippen LogP) is 6.99. The lowest BCUT2D eigenvalue weighted by Gasteiger charge is -2.13. The van der Waals surface area contributed by atoms with E-state index < -0.39 is 0 Å². The number of benzene rings is 2. The molecule has 1 heteroatoms. The van der Waals surface area contributed by atoms with Crippen molar-refractivity contribution in [1.29, 1.82) is 0 Å². The van der Waals surface area contributed by atoms with Crippen LogP contribution in [0.4, 0.5) is 0 Å². The molecule has 0 aromatic heterocycles. The Hall–Kier alpha value is -3.06. The van der Waals surface area contributed by atoms with Crippen LogP contribution >= 0.6 is 0 Å². The van der Waals surface area contributed by atoms with Crippen LogP contribution in [0.15, 0.2) is 108 Å². The van der Waals surface area contributed by atoms with Crippen molar-refractivity contribution in [2.24, 2.45) is 0 Å². The lowest BCUT2D eigenvalue weighted by atomic mass is 9.91. The van der Waals surface area contributed by atoms with Crippen LogP contribution in [0, 0.1) is 0 Å². The highest BCUT2D eigenvalue weighted by molar-refractivity contribution is 5.84. The van der Waals surface area contributed by atoms with Crippen LogP contribution in [0.5, 0.6) is 5.75 Å². The Balaban J connectivity index is 0.000000364. The van der Waals surface area contributed by atoms with Crippen molar-refractivity contribution in [1.82, 2.24) is 0 Å². The first-order chi connectivity index (χ1) is 13.0. The van der Waals surface area contributed by atoms with E-state index in [9.17, 15) is 5.11 Å². The first-order valence-electron chi connectivity index (χ1n) is 9.32. The monoisotopic (exact) mass is 354 g/mol.